The van der Waals surface area contributed by atoms with Gasteiger partial charge in [-0.05, 0) is 30.5 Å². The summed E-state index contributed by atoms with van der Waals surface area (Å²) in [6.45, 7) is 2.12. The van der Waals surface area contributed by atoms with Crippen LogP contribution in [-0.4, -0.2) is 17.1 Å². The summed E-state index contributed by atoms with van der Waals surface area (Å²) in [7, 11) is 1.55. The minimum atomic E-state index is 0.403. The van der Waals surface area contributed by atoms with Gasteiger partial charge in [-0.25, -0.2) is 4.98 Å². The van der Waals surface area contributed by atoms with Gasteiger partial charge in [0.2, 0.25) is 0 Å². The third-order valence-electron chi connectivity index (χ3n) is 3.33. The van der Waals surface area contributed by atoms with E-state index in [4.69, 9.17) is 10.5 Å². The Bertz CT molecular complexity index is 751. The third kappa shape index (κ3) is 4.88. The van der Waals surface area contributed by atoms with Gasteiger partial charge < -0.3 is 15.5 Å². The van der Waals surface area contributed by atoms with Crippen LogP contribution in [0.2, 0.25) is 0 Å². The average molecular weight is 309 g/mol. The number of pyridine rings is 1. The number of methoxy groups -OCH3 is 1. The molecule has 2 aromatic heterocycles. The van der Waals surface area contributed by atoms with E-state index < -0.39 is 0 Å². The lowest BCUT2D eigenvalue weighted by molar-refractivity contribution is 0.287. The SMILES string of the molecule is CC/C=C/c1cnc2[nH]cc(/C=C/C/C=C\C=C(/N)OC)c2c1. The van der Waals surface area contributed by atoms with Gasteiger partial charge in [0, 0.05) is 23.3 Å². The number of hydrogen-bond acceptors (Lipinski definition) is 3. The molecule has 0 aliphatic carbocycles. The lowest BCUT2D eigenvalue weighted by atomic mass is 10.1. The summed E-state index contributed by atoms with van der Waals surface area (Å²) >= 11 is 0. The topological polar surface area (TPSA) is 63.9 Å². The molecule has 0 saturated carbocycles. The fourth-order valence-electron chi connectivity index (χ4n) is 2.11. The highest BCUT2D eigenvalue weighted by atomic mass is 16.5. The second-order valence-corrected chi connectivity index (χ2v) is 5.06. The van der Waals surface area contributed by atoms with E-state index in [1.165, 1.54) is 0 Å². The number of ether oxygens (including phenoxy) is 1. The molecule has 0 radical (unpaired) electrons. The van der Waals surface area contributed by atoms with Crippen molar-refractivity contribution in [3.63, 3.8) is 0 Å². The van der Waals surface area contributed by atoms with Crippen LogP contribution in [0.15, 0.2) is 54.7 Å². The number of fused-ring (bicyclic) bond motifs is 1. The number of rotatable bonds is 7. The summed E-state index contributed by atoms with van der Waals surface area (Å²) < 4.78 is 4.86. The van der Waals surface area contributed by atoms with Gasteiger partial charge in [0.15, 0.2) is 5.88 Å². The van der Waals surface area contributed by atoms with Crippen molar-refractivity contribution in [3.05, 3.63) is 65.9 Å². The molecule has 0 fully saturated rings. The van der Waals surface area contributed by atoms with Crippen molar-refractivity contribution in [3.8, 4) is 0 Å². The van der Waals surface area contributed by atoms with Crippen LogP contribution in [0.1, 0.15) is 30.9 Å². The number of nitrogens with zero attached hydrogens (tertiary/aromatic N) is 1. The number of H-pyrrole nitrogens is 1. The second-order valence-electron chi connectivity index (χ2n) is 5.06. The molecule has 0 bridgehead atoms. The number of allylic oxidation sites excluding steroid dienone is 5. The monoisotopic (exact) mass is 309 g/mol. The van der Waals surface area contributed by atoms with Crippen molar-refractivity contribution in [2.75, 3.05) is 7.11 Å². The van der Waals surface area contributed by atoms with E-state index in [0.717, 1.165) is 35.0 Å². The first kappa shape index (κ1) is 16.6. The fraction of sp³-hybridized carbons (Fsp3) is 0.211. The van der Waals surface area contributed by atoms with Gasteiger partial charge in [-0.2, -0.15) is 0 Å². The van der Waals surface area contributed by atoms with Crippen molar-refractivity contribution in [1.82, 2.24) is 9.97 Å². The molecule has 4 heteroatoms. The van der Waals surface area contributed by atoms with Crippen molar-refractivity contribution in [1.29, 1.82) is 0 Å². The first-order valence-corrected chi connectivity index (χ1v) is 7.71. The van der Waals surface area contributed by atoms with Gasteiger partial charge in [0.25, 0.3) is 0 Å². The first-order valence-electron chi connectivity index (χ1n) is 7.71. The molecule has 4 nitrogen and oxygen atoms in total. The molecule has 2 heterocycles. The lowest BCUT2D eigenvalue weighted by Crippen LogP contribution is -1.97. The van der Waals surface area contributed by atoms with Crippen LogP contribution in [0.5, 0.6) is 0 Å². The van der Waals surface area contributed by atoms with E-state index in [2.05, 4.69) is 47.3 Å². The highest BCUT2D eigenvalue weighted by Gasteiger charge is 2.02. The smallest absolute Gasteiger partial charge is 0.183 e. The molecule has 0 aliphatic heterocycles. The van der Waals surface area contributed by atoms with Gasteiger partial charge >= 0.3 is 0 Å². The Morgan fingerprint density at radius 2 is 2.17 bits per heavy atom. The van der Waals surface area contributed by atoms with Gasteiger partial charge in [0.05, 0.1) is 7.11 Å². The van der Waals surface area contributed by atoms with Crippen LogP contribution in [-0.2, 0) is 4.74 Å². The van der Waals surface area contributed by atoms with E-state index in [9.17, 15) is 0 Å². The maximum absolute atomic E-state index is 5.53. The summed E-state index contributed by atoms with van der Waals surface area (Å²) in [6.07, 6.45) is 19.8. The minimum absolute atomic E-state index is 0.403. The Morgan fingerprint density at radius 1 is 1.30 bits per heavy atom. The summed E-state index contributed by atoms with van der Waals surface area (Å²) in [5.41, 5.74) is 8.69. The zero-order valence-electron chi connectivity index (χ0n) is 13.6. The maximum Gasteiger partial charge on any atom is 0.183 e. The molecule has 120 valence electrons. The normalized spacial score (nSPS) is 13.0. The standard InChI is InChI=1S/C19H23N3O/c1-3-4-9-15-12-17-16(14-22-19(17)21-13-15)10-7-5-6-8-11-18(20)23-2/h4,6-14H,3,5,20H2,1-2H3,(H,21,22)/b8-6-,9-4+,10-7+,18-11+. The molecule has 0 saturated heterocycles. The molecular formula is C19H23N3O. The quantitative estimate of drug-likeness (QED) is 0.589. The Balaban J connectivity index is 2.07. The Kier molecular flexibility index (Phi) is 6.24. The molecule has 0 atom stereocenters. The summed E-state index contributed by atoms with van der Waals surface area (Å²) in [4.78, 5) is 7.65. The summed E-state index contributed by atoms with van der Waals surface area (Å²) in [5, 5.41) is 1.13. The number of aromatic nitrogens is 2. The van der Waals surface area contributed by atoms with Crippen molar-refractivity contribution < 1.29 is 4.74 Å². The van der Waals surface area contributed by atoms with E-state index in [-0.39, 0.29) is 0 Å². The average Bonchev–Trinajstić information content (AvgIpc) is 2.98. The molecule has 23 heavy (non-hydrogen) atoms. The molecule has 0 aromatic carbocycles. The summed E-state index contributed by atoms with van der Waals surface area (Å²) in [5.74, 6) is 0.403. The van der Waals surface area contributed by atoms with Crippen molar-refractivity contribution in [2.24, 2.45) is 5.73 Å². The highest BCUT2D eigenvalue weighted by molar-refractivity contribution is 5.87. The molecule has 0 spiro atoms. The van der Waals surface area contributed by atoms with E-state index in [1.807, 2.05) is 24.5 Å². The zero-order valence-corrected chi connectivity index (χ0v) is 13.6. The molecular weight excluding hydrogens is 286 g/mol. The first-order chi connectivity index (χ1) is 11.2. The maximum atomic E-state index is 5.53. The highest BCUT2D eigenvalue weighted by Crippen LogP contribution is 2.20. The molecule has 2 rings (SSSR count). The predicted octanol–water partition coefficient (Wildman–Crippen LogP) is 4.39. The van der Waals surface area contributed by atoms with Gasteiger partial charge in [0.1, 0.15) is 5.65 Å². The zero-order chi connectivity index (χ0) is 16.5. The van der Waals surface area contributed by atoms with E-state index >= 15 is 0 Å². The van der Waals surface area contributed by atoms with E-state index in [1.54, 1.807) is 13.2 Å². The Labute approximate surface area is 137 Å². The largest absolute Gasteiger partial charge is 0.483 e. The van der Waals surface area contributed by atoms with Crippen LogP contribution in [0.4, 0.5) is 0 Å². The number of aromatic amines is 1. The van der Waals surface area contributed by atoms with E-state index in [0.29, 0.717) is 5.88 Å². The molecule has 3 N–H and O–H groups in total. The lowest BCUT2D eigenvalue weighted by Gasteiger charge is -1.95. The Morgan fingerprint density at radius 3 is 2.96 bits per heavy atom. The number of nitrogens with two attached hydrogens (primary N) is 1. The van der Waals surface area contributed by atoms with Crippen molar-refractivity contribution in [2.45, 2.75) is 19.8 Å². The second kappa shape index (κ2) is 8.63. The van der Waals surface area contributed by atoms with Crippen LogP contribution >= 0.6 is 0 Å². The number of hydrogen-bond donors (Lipinski definition) is 2. The minimum Gasteiger partial charge on any atom is -0.483 e. The summed E-state index contributed by atoms with van der Waals surface area (Å²) in [6, 6.07) is 2.16. The molecule has 0 unspecified atom stereocenters. The van der Waals surface area contributed by atoms with Crippen LogP contribution in [0.3, 0.4) is 0 Å². The molecule has 0 aliphatic rings. The molecule has 0 amide bonds. The Hall–Kier alpha value is -2.75. The third-order valence-corrected chi connectivity index (χ3v) is 3.33. The van der Waals surface area contributed by atoms with Gasteiger partial charge in [-0.3, -0.25) is 0 Å². The van der Waals surface area contributed by atoms with Gasteiger partial charge in [-0.1, -0.05) is 43.4 Å². The fourth-order valence-corrected chi connectivity index (χ4v) is 2.11. The van der Waals surface area contributed by atoms with Crippen LogP contribution in [0.25, 0.3) is 23.2 Å². The van der Waals surface area contributed by atoms with Gasteiger partial charge in [-0.15, -0.1) is 0 Å². The van der Waals surface area contributed by atoms with Crippen LogP contribution in [0, 0.1) is 0 Å². The van der Waals surface area contributed by atoms with Crippen LogP contribution < -0.4 is 5.73 Å². The number of nitrogens with one attached hydrogen (secondary N) is 1. The predicted molar refractivity (Wildman–Crippen MR) is 97.5 cm³/mol. The molecule has 2 aromatic rings. The van der Waals surface area contributed by atoms with Crippen molar-refractivity contribution >= 4 is 23.2 Å².